The smallest absolute Gasteiger partial charge is 0.0103 e. The topological polar surface area (TPSA) is 12.0 Å². The van der Waals surface area contributed by atoms with E-state index in [1.54, 1.807) is 5.56 Å². The minimum Gasteiger partial charge on any atom is -0.314 e. The molecule has 0 bridgehead atoms. The fourth-order valence-corrected chi connectivity index (χ4v) is 4.09. The Morgan fingerprint density at radius 2 is 1.67 bits per heavy atom. The lowest BCUT2D eigenvalue weighted by Gasteiger charge is -2.42. The third kappa shape index (κ3) is 4.10. The molecule has 0 radical (unpaired) electrons. The van der Waals surface area contributed by atoms with Gasteiger partial charge in [-0.25, -0.2) is 0 Å². The van der Waals surface area contributed by atoms with Crippen LogP contribution in [0.2, 0.25) is 0 Å². The molecule has 1 saturated carbocycles. The summed E-state index contributed by atoms with van der Waals surface area (Å²) < 4.78 is 0. The molecule has 0 aromatic heterocycles. The van der Waals surface area contributed by atoms with Crippen molar-refractivity contribution in [2.24, 2.45) is 5.92 Å². The Bertz CT molecular complexity index is 390. The van der Waals surface area contributed by atoms with Crippen LogP contribution in [0.15, 0.2) is 30.3 Å². The first-order chi connectivity index (χ1) is 10.2. The van der Waals surface area contributed by atoms with E-state index in [9.17, 15) is 0 Å². The highest BCUT2D eigenvalue weighted by Gasteiger charge is 2.38. The van der Waals surface area contributed by atoms with E-state index in [1.807, 2.05) is 0 Å². The van der Waals surface area contributed by atoms with Crippen LogP contribution < -0.4 is 5.32 Å². The molecule has 2 rings (SSSR count). The van der Waals surface area contributed by atoms with Crippen LogP contribution in [0, 0.1) is 5.92 Å². The van der Waals surface area contributed by atoms with Crippen LogP contribution in [0.4, 0.5) is 0 Å². The predicted molar refractivity (Wildman–Crippen MR) is 92.7 cm³/mol. The molecule has 1 N–H and O–H groups in total. The molecule has 0 amide bonds. The second kappa shape index (κ2) is 7.98. The summed E-state index contributed by atoms with van der Waals surface area (Å²) in [5.74, 6) is 0.832. The zero-order chi connectivity index (χ0) is 15.1. The Labute approximate surface area is 131 Å². The van der Waals surface area contributed by atoms with E-state index < -0.39 is 0 Å². The van der Waals surface area contributed by atoms with Crippen molar-refractivity contribution in [2.75, 3.05) is 6.54 Å². The zero-order valence-electron chi connectivity index (χ0n) is 14.2. The van der Waals surface area contributed by atoms with E-state index in [4.69, 9.17) is 0 Å². The molecule has 21 heavy (non-hydrogen) atoms. The molecule has 1 fully saturated rings. The lowest BCUT2D eigenvalue weighted by atomic mass is 9.65. The second-order valence-electron chi connectivity index (χ2n) is 7.10. The Hall–Kier alpha value is -0.820. The van der Waals surface area contributed by atoms with Crippen molar-refractivity contribution < 1.29 is 0 Å². The van der Waals surface area contributed by atoms with E-state index in [0.717, 1.165) is 12.5 Å². The fourth-order valence-electron chi connectivity index (χ4n) is 4.09. The van der Waals surface area contributed by atoms with Gasteiger partial charge in [-0.2, -0.15) is 0 Å². The standard InChI is InChI=1S/C20H33N/c1-4-20(16-21-17(2)3,19-14-10-7-11-15-19)18-12-8-5-6-9-13-18/h7,10-11,14-15,17-18,21H,4-6,8-9,12-13,16H2,1-3H3. The zero-order valence-corrected chi connectivity index (χ0v) is 14.2. The molecule has 1 unspecified atom stereocenters. The van der Waals surface area contributed by atoms with Gasteiger partial charge in [0, 0.05) is 18.0 Å². The van der Waals surface area contributed by atoms with Crippen molar-refractivity contribution in [2.45, 2.75) is 77.2 Å². The minimum atomic E-state index is 0.315. The number of nitrogens with one attached hydrogen (secondary N) is 1. The van der Waals surface area contributed by atoms with Gasteiger partial charge in [0.2, 0.25) is 0 Å². The van der Waals surface area contributed by atoms with Gasteiger partial charge in [-0.1, -0.05) is 76.8 Å². The van der Waals surface area contributed by atoms with Gasteiger partial charge < -0.3 is 5.32 Å². The first-order valence-corrected chi connectivity index (χ1v) is 8.98. The van der Waals surface area contributed by atoms with Gasteiger partial charge in [0.05, 0.1) is 0 Å². The van der Waals surface area contributed by atoms with Crippen LogP contribution in [0.5, 0.6) is 0 Å². The quantitative estimate of drug-likeness (QED) is 0.700. The van der Waals surface area contributed by atoms with Crippen molar-refractivity contribution in [3.05, 3.63) is 35.9 Å². The largest absolute Gasteiger partial charge is 0.314 e. The summed E-state index contributed by atoms with van der Waals surface area (Å²) in [6, 6.07) is 11.8. The maximum atomic E-state index is 3.75. The van der Waals surface area contributed by atoms with Crippen LogP contribution >= 0.6 is 0 Å². The van der Waals surface area contributed by atoms with Crippen molar-refractivity contribution in [3.8, 4) is 0 Å². The third-order valence-corrected chi connectivity index (χ3v) is 5.44. The maximum absolute atomic E-state index is 3.75. The summed E-state index contributed by atoms with van der Waals surface area (Å²) in [6.07, 6.45) is 9.75. The van der Waals surface area contributed by atoms with Gasteiger partial charge in [-0.3, -0.25) is 0 Å². The normalized spacial score (nSPS) is 20.2. The van der Waals surface area contributed by atoms with Crippen molar-refractivity contribution in [1.82, 2.24) is 5.32 Å². The molecular formula is C20H33N. The number of hydrogen-bond donors (Lipinski definition) is 1. The van der Waals surface area contributed by atoms with Crippen LogP contribution in [0.1, 0.15) is 71.3 Å². The molecule has 1 aromatic carbocycles. The number of rotatable bonds is 6. The van der Waals surface area contributed by atoms with Crippen LogP contribution in [0.25, 0.3) is 0 Å². The number of benzene rings is 1. The van der Waals surface area contributed by atoms with E-state index in [2.05, 4.69) is 56.4 Å². The van der Waals surface area contributed by atoms with E-state index >= 15 is 0 Å². The van der Waals surface area contributed by atoms with Crippen LogP contribution in [-0.2, 0) is 5.41 Å². The monoisotopic (exact) mass is 287 g/mol. The summed E-state index contributed by atoms with van der Waals surface area (Å²) >= 11 is 0. The highest BCUT2D eigenvalue weighted by Crippen LogP contribution is 2.42. The molecule has 1 aromatic rings. The van der Waals surface area contributed by atoms with Crippen molar-refractivity contribution >= 4 is 0 Å². The highest BCUT2D eigenvalue weighted by atomic mass is 14.9. The van der Waals surface area contributed by atoms with Gasteiger partial charge in [-0.05, 0) is 30.7 Å². The summed E-state index contributed by atoms with van der Waals surface area (Å²) in [5, 5.41) is 3.75. The first-order valence-electron chi connectivity index (χ1n) is 8.98. The van der Waals surface area contributed by atoms with Gasteiger partial charge in [-0.15, -0.1) is 0 Å². The molecule has 0 aliphatic heterocycles. The van der Waals surface area contributed by atoms with E-state index in [-0.39, 0.29) is 0 Å². The molecule has 1 heteroatoms. The molecule has 1 atom stereocenters. The predicted octanol–water partition coefficient (Wildman–Crippen LogP) is 5.30. The maximum Gasteiger partial charge on any atom is 0.0103 e. The Balaban J connectivity index is 2.30. The average molecular weight is 287 g/mol. The molecular weight excluding hydrogens is 254 g/mol. The van der Waals surface area contributed by atoms with E-state index in [0.29, 0.717) is 11.5 Å². The molecule has 1 aliphatic rings. The minimum absolute atomic E-state index is 0.315. The summed E-state index contributed by atoms with van der Waals surface area (Å²) in [5.41, 5.74) is 1.86. The van der Waals surface area contributed by atoms with Gasteiger partial charge >= 0.3 is 0 Å². The average Bonchev–Trinajstić information content (AvgIpc) is 2.79. The summed E-state index contributed by atoms with van der Waals surface area (Å²) in [6.45, 7) is 8.03. The Morgan fingerprint density at radius 1 is 1.05 bits per heavy atom. The highest BCUT2D eigenvalue weighted by molar-refractivity contribution is 5.27. The first kappa shape index (κ1) is 16.5. The Morgan fingerprint density at radius 3 is 2.19 bits per heavy atom. The summed E-state index contributed by atoms with van der Waals surface area (Å²) in [4.78, 5) is 0. The lowest BCUT2D eigenvalue weighted by molar-refractivity contribution is 0.216. The van der Waals surface area contributed by atoms with Crippen molar-refractivity contribution in [1.29, 1.82) is 0 Å². The van der Waals surface area contributed by atoms with Crippen LogP contribution in [0.3, 0.4) is 0 Å². The van der Waals surface area contributed by atoms with Gasteiger partial charge in [0.15, 0.2) is 0 Å². The molecule has 1 nitrogen and oxygen atoms in total. The molecule has 0 heterocycles. The Kier molecular flexibility index (Phi) is 6.29. The fraction of sp³-hybridized carbons (Fsp3) is 0.700. The van der Waals surface area contributed by atoms with E-state index in [1.165, 1.54) is 44.9 Å². The molecule has 1 aliphatic carbocycles. The lowest BCUT2D eigenvalue weighted by Crippen LogP contribution is -2.45. The second-order valence-corrected chi connectivity index (χ2v) is 7.10. The third-order valence-electron chi connectivity index (χ3n) is 5.44. The molecule has 118 valence electrons. The van der Waals surface area contributed by atoms with Crippen LogP contribution in [-0.4, -0.2) is 12.6 Å². The molecule has 0 spiro atoms. The molecule has 0 saturated heterocycles. The van der Waals surface area contributed by atoms with Gasteiger partial charge in [0.25, 0.3) is 0 Å². The van der Waals surface area contributed by atoms with Crippen molar-refractivity contribution in [3.63, 3.8) is 0 Å². The number of hydrogen-bond acceptors (Lipinski definition) is 1. The summed E-state index contributed by atoms with van der Waals surface area (Å²) in [7, 11) is 0. The van der Waals surface area contributed by atoms with Gasteiger partial charge in [0.1, 0.15) is 0 Å². The SMILES string of the molecule is CCC(CNC(C)C)(c1ccccc1)C1CCCCCC1.